The number of hydrogen-bond donors (Lipinski definition) is 1. The maximum Gasteiger partial charge on any atom is 0.273 e. The largest absolute Gasteiger partial charge is 0.328 e. The van der Waals surface area contributed by atoms with Gasteiger partial charge in [0.2, 0.25) is 0 Å². The van der Waals surface area contributed by atoms with Crippen LogP contribution in [-0.2, 0) is 0 Å². The van der Waals surface area contributed by atoms with Crippen LogP contribution in [-0.4, -0.2) is 40.4 Å². The molecule has 124 valence electrons. The van der Waals surface area contributed by atoms with Crippen LogP contribution in [0.2, 0.25) is 5.02 Å². The van der Waals surface area contributed by atoms with Gasteiger partial charge in [-0.3, -0.25) is 4.79 Å². The Morgan fingerprint density at radius 3 is 2.88 bits per heavy atom. The molecule has 2 fully saturated rings. The fraction of sp³-hybridized carbons (Fsp3) is 0.389. The topological polar surface area (TPSA) is 58.1 Å². The summed E-state index contributed by atoms with van der Waals surface area (Å²) in [6.07, 6.45) is 3.93. The maximum absolute atomic E-state index is 13.1. The molecule has 1 aliphatic heterocycles. The van der Waals surface area contributed by atoms with Crippen LogP contribution >= 0.6 is 11.6 Å². The average molecular weight is 343 g/mol. The van der Waals surface area contributed by atoms with E-state index < -0.39 is 0 Å². The van der Waals surface area contributed by atoms with Gasteiger partial charge in [-0.05, 0) is 30.5 Å². The highest BCUT2D eigenvalue weighted by atomic mass is 35.5. The van der Waals surface area contributed by atoms with Crippen LogP contribution in [0.1, 0.15) is 46.7 Å². The van der Waals surface area contributed by atoms with E-state index >= 15 is 0 Å². The number of hydrogen-bond acceptors (Lipinski definition) is 4. The molecule has 0 radical (unpaired) electrons. The lowest BCUT2D eigenvalue weighted by atomic mass is 10.0. The zero-order valence-electron chi connectivity index (χ0n) is 13.3. The lowest BCUT2D eigenvalue weighted by Crippen LogP contribution is -2.49. The predicted molar refractivity (Wildman–Crippen MR) is 92.1 cm³/mol. The number of amides is 1. The molecule has 1 saturated carbocycles. The SMILES string of the molecule is O=C(c1ccnc(C2CC2)n1)N1CCNCC1c1ccccc1Cl. The van der Waals surface area contributed by atoms with E-state index in [4.69, 9.17) is 11.6 Å². The smallest absolute Gasteiger partial charge is 0.273 e. The summed E-state index contributed by atoms with van der Waals surface area (Å²) in [6, 6.07) is 9.33. The molecule has 5 nitrogen and oxygen atoms in total. The highest BCUT2D eigenvalue weighted by Gasteiger charge is 2.32. The Labute approximate surface area is 146 Å². The van der Waals surface area contributed by atoms with Crippen molar-refractivity contribution in [1.82, 2.24) is 20.2 Å². The second-order valence-electron chi connectivity index (χ2n) is 6.31. The van der Waals surface area contributed by atoms with Crippen LogP contribution in [0.4, 0.5) is 0 Å². The number of rotatable bonds is 3. The third-order valence-corrected chi connectivity index (χ3v) is 4.95. The van der Waals surface area contributed by atoms with Crippen molar-refractivity contribution in [2.24, 2.45) is 0 Å². The summed E-state index contributed by atoms with van der Waals surface area (Å²) in [4.78, 5) is 23.7. The number of carbonyl (C=O) groups is 1. The summed E-state index contributed by atoms with van der Waals surface area (Å²) in [6.45, 7) is 2.10. The normalized spacial score (nSPS) is 20.9. The standard InChI is InChI=1S/C18H19ClN4O/c19-14-4-2-1-3-13(14)16-11-20-9-10-23(16)18(24)15-7-8-21-17(22-15)12-5-6-12/h1-4,7-8,12,16,20H,5-6,9-11H2. The van der Waals surface area contributed by atoms with Crippen molar-refractivity contribution >= 4 is 17.5 Å². The molecule has 1 saturated heterocycles. The van der Waals surface area contributed by atoms with E-state index in [2.05, 4.69) is 15.3 Å². The summed E-state index contributed by atoms with van der Waals surface area (Å²) in [5, 5.41) is 4.04. The summed E-state index contributed by atoms with van der Waals surface area (Å²) in [5.74, 6) is 1.18. The van der Waals surface area contributed by atoms with Gasteiger partial charge in [0.1, 0.15) is 11.5 Å². The molecule has 1 aromatic carbocycles. The van der Waals surface area contributed by atoms with Crippen molar-refractivity contribution in [3.8, 4) is 0 Å². The number of piperazine rings is 1. The van der Waals surface area contributed by atoms with Crippen molar-refractivity contribution in [3.63, 3.8) is 0 Å². The zero-order chi connectivity index (χ0) is 16.5. The molecule has 2 aliphatic rings. The summed E-state index contributed by atoms with van der Waals surface area (Å²) in [5.41, 5.74) is 1.45. The Balaban J connectivity index is 1.64. The van der Waals surface area contributed by atoms with Gasteiger partial charge in [0.25, 0.3) is 5.91 Å². The fourth-order valence-corrected chi connectivity index (χ4v) is 3.41. The van der Waals surface area contributed by atoms with Crippen LogP contribution in [0.25, 0.3) is 0 Å². The Morgan fingerprint density at radius 1 is 1.25 bits per heavy atom. The van der Waals surface area contributed by atoms with Crippen LogP contribution in [0.5, 0.6) is 0 Å². The van der Waals surface area contributed by atoms with Gasteiger partial charge < -0.3 is 10.2 Å². The van der Waals surface area contributed by atoms with Crippen LogP contribution in [0.3, 0.4) is 0 Å². The Hall–Kier alpha value is -1.98. The molecule has 6 heteroatoms. The lowest BCUT2D eigenvalue weighted by molar-refractivity contribution is 0.0628. The van der Waals surface area contributed by atoms with Gasteiger partial charge in [0, 0.05) is 36.8 Å². The van der Waals surface area contributed by atoms with Crippen molar-refractivity contribution in [2.45, 2.75) is 24.8 Å². The molecule has 1 aromatic heterocycles. The van der Waals surface area contributed by atoms with Gasteiger partial charge in [-0.25, -0.2) is 9.97 Å². The number of nitrogens with one attached hydrogen (secondary N) is 1. The van der Waals surface area contributed by atoms with E-state index in [0.717, 1.165) is 30.8 Å². The summed E-state index contributed by atoms with van der Waals surface area (Å²) >= 11 is 6.36. The van der Waals surface area contributed by atoms with E-state index in [1.165, 1.54) is 0 Å². The van der Waals surface area contributed by atoms with Crippen molar-refractivity contribution in [2.75, 3.05) is 19.6 Å². The summed E-state index contributed by atoms with van der Waals surface area (Å²) < 4.78 is 0. The highest BCUT2D eigenvalue weighted by molar-refractivity contribution is 6.31. The first-order valence-corrected chi connectivity index (χ1v) is 8.71. The molecule has 1 unspecified atom stereocenters. The van der Waals surface area contributed by atoms with E-state index in [9.17, 15) is 4.79 Å². The highest BCUT2D eigenvalue weighted by Crippen LogP contribution is 2.38. The molecule has 1 aliphatic carbocycles. The molecule has 2 aromatic rings. The first-order valence-electron chi connectivity index (χ1n) is 8.33. The van der Waals surface area contributed by atoms with Crippen molar-refractivity contribution in [1.29, 1.82) is 0 Å². The van der Waals surface area contributed by atoms with E-state index in [-0.39, 0.29) is 11.9 Å². The quantitative estimate of drug-likeness (QED) is 0.931. The first-order chi connectivity index (χ1) is 11.7. The minimum Gasteiger partial charge on any atom is -0.328 e. The van der Waals surface area contributed by atoms with Crippen molar-refractivity contribution < 1.29 is 4.79 Å². The van der Waals surface area contributed by atoms with Crippen LogP contribution in [0, 0.1) is 0 Å². The second-order valence-corrected chi connectivity index (χ2v) is 6.72. The molecule has 1 atom stereocenters. The number of aromatic nitrogens is 2. The minimum absolute atomic E-state index is 0.0503. The number of nitrogens with zero attached hydrogens (tertiary/aromatic N) is 3. The number of carbonyl (C=O) groups excluding carboxylic acids is 1. The van der Waals surface area contributed by atoms with Gasteiger partial charge in [0.05, 0.1) is 6.04 Å². The molecule has 24 heavy (non-hydrogen) atoms. The van der Waals surface area contributed by atoms with Gasteiger partial charge in [-0.2, -0.15) is 0 Å². The molecular weight excluding hydrogens is 324 g/mol. The molecule has 1 amide bonds. The minimum atomic E-state index is -0.0840. The molecular formula is C18H19ClN4O. The van der Waals surface area contributed by atoms with Crippen molar-refractivity contribution in [3.05, 3.63) is 58.6 Å². The Morgan fingerprint density at radius 2 is 2.08 bits per heavy atom. The van der Waals surface area contributed by atoms with Gasteiger partial charge in [0.15, 0.2) is 0 Å². The monoisotopic (exact) mass is 342 g/mol. The Bertz CT molecular complexity index is 762. The fourth-order valence-electron chi connectivity index (χ4n) is 3.15. The van der Waals surface area contributed by atoms with E-state index in [1.807, 2.05) is 29.2 Å². The lowest BCUT2D eigenvalue weighted by Gasteiger charge is -2.36. The molecule has 0 bridgehead atoms. The van der Waals surface area contributed by atoms with E-state index in [1.54, 1.807) is 12.3 Å². The summed E-state index contributed by atoms with van der Waals surface area (Å²) in [7, 11) is 0. The average Bonchev–Trinajstić information content (AvgIpc) is 3.47. The second kappa shape index (κ2) is 6.49. The number of halogens is 1. The first kappa shape index (κ1) is 15.5. The van der Waals surface area contributed by atoms with Gasteiger partial charge in [-0.1, -0.05) is 29.8 Å². The molecule has 2 heterocycles. The zero-order valence-corrected chi connectivity index (χ0v) is 14.0. The molecule has 0 spiro atoms. The predicted octanol–water partition coefficient (Wildman–Crippen LogP) is 2.79. The van der Waals surface area contributed by atoms with Gasteiger partial charge >= 0.3 is 0 Å². The third-order valence-electron chi connectivity index (χ3n) is 4.60. The van der Waals surface area contributed by atoms with Crippen LogP contribution in [0.15, 0.2) is 36.5 Å². The third kappa shape index (κ3) is 3.01. The maximum atomic E-state index is 13.1. The Kier molecular flexibility index (Phi) is 4.21. The van der Waals surface area contributed by atoms with E-state index in [0.29, 0.717) is 29.7 Å². The van der Waals surface area contributed by atoms with Crippen LogP contribution < -0.4 is 5.32 Å². The molecule has 1 N–H and O–H groups in total. The van der Waals surface area contributed by atoms with Gasteiger partial charge in [-0.15, -0.1) is 0 Å². The molecule has 4 rings (SSSR count). The number of benzene rings is 1.